The fourth-order valence-corrected chi connectivity index (χ4v) is 2.38. The number of rotatable bonds is 6. The quantitative estimate of drug-likeness (QED) is 0.210. The minimum atomic E-state index is -1.47. The highest BCUT2D eigenvalue weighted by Crippen LogP contribution is 2.29. The summed E-state index contributed by atoms with van der Waals surface area (Å²) in [6.45, 7) is 4.05. The molecule has 1 aliphatic rings. The number of carbonyl (C=O) groups is 4. The topological polar surface area (TPSA) is 163 Å². The summed E-state index contributed by atoms with van der Waals surface area (Å²) in [5, 5.41) is 3.34. The first-order valence-corrected chi connectivity index (χ1v) is 7.51. The van der Waals surface area contributed by atoms with E-state index in [1.54, 1.807) is 0 Å². The second-order valence-corrected chi connectivity index (χ2v) is 5.29. The Labute approximate surface area is 148 Å². The van der Waals surface area contributed by atoms with Crippen LogP contribution in [0.15, 0.2) is 5.11 Å². The van der Waals surface area contributed by atoms with Gasteiger partial charge >= 0.3 is 23.9 Å². The van der Waals surface area contributed by atoms with Gasteiger partial charge in [0.1, 0.15) is 6.10 Å². The summed E-state index contributed by atoms with van der Waals surface area (Å²) >= 11 is 0. The van der Waals surface area contributed by atoms with Crippen molar-refractivity contribution in [3.8, 4) is 0 Å². The first-order chi connectivity index (χ1) is 12.1. The molecule has 26 heavy (non-hydrogen) atoms. The van der Waals surface area contributed by atoms with Crippen LogP contribution in [0.4, 0.5) is 0 Å². The largest absolute Gasteiger partial charge is 0.456 e. The highest BCUT2D eigenvalue weighted by molar-refractivity contribution is 5.69. The predicted molar refractivity (Wildman–Crippen MR) is 81.1 cm³/mol. The van der Waals surface area contributed by atoms with E-state index in [-0.39, 0.29) is 6.54 Å². The smallest absolute Gasteiger partial charge is 0.305 e. The van der Waals surface area contributed by atoms with E-state index in [1.165, 1.54) is 0 Å². The van der Waals surface area contributed by atoms with E-state index >= 15 is 0 Å². The zero-order valence-corrected chi connectivity index (χ0v) is 14.6. The monoisotopic (exact) mass is 373 g/mol. The molecular formula is C14H19N3O9. The van der Waals surface area contributed by atoms with Gasteiger partial charge in [-0.1, -0.05) is 5.11 Å². The Hall–Kier alpha value is -2.85. The third-order valence-corrected chi connectivity index (χ3v) is 3.10. The Morgan fingerprint density at radius 3 is 1.77 bits per heavy atom. The van der Waals surface area contributed by atoms with Gasteiger partial charge in [-0.15, -0.1) is 0 Å². The Morgan fingerprint density at radius 1 is 0.846 bits per heavy atom. The number of ether oxygens (including phenoxy) is 5. The third kappa shape index (κ3) is 6.22. The van der Waals surface area contributed by atoms with Crippen LogP contribution >= 0.6 is 0 Å². The molecule has 0 N–H and O–H groups in total. The van der Waals surface area contributed by atoms with Gasteiger partial charge in [0.25, 0.3) is 0 Å². The number of azide groups is 1. The van der Waals surface area contributed by atoms with Gasteiger partial charge in [0.05, 0.1) is 6.54 Å². The molecule has 1 saturated heterocycles. The maximum atomic E-state index is 11.5. The van der Waals surface area contributed by atoms with Crippen molar-refractivity contribution in [2.75, 3.05) is 6.54 Å². The normalized spacial score (nSPS) is 27.5. The summed E-state index contributed by atoms with van der Waals surface area (Å²) < 4.78 is 25.8. The summed E-state index contributed by atoms with van der Waals surface area (Å²) in [5.41, 5.74) is 8.51. The average molecular weight is 373 g/mol. The number of carbonyl (C=O) groups excluding carboxylic acids is 4. The van der Waals surface area contributed by atoms with Crippen molar-refractivity contribution in [1.82, 2.24) is 0 Å². The van der Waals surface area contributed by atoms with Crippen molar-refractivity contribution in [3.63, 3.8) is 0 Å². The van der Waals surface area contributed by atoms with Crippen LogP contribution in [0.25, 0.3) is 10.4 Å². The van der Waals surface area contributed by atoms with Crippen molar-refractivity contribution in [2.24, 2.45) is 5.11 Å². The molecule has 12 heteroatoms. The fraction of sp³-hybridized carbons (Fsp3) is 0.714. The Bertz CT molecular complexity index is 587. The van der Waals surface area contributed by atoms with Crippen LogP contribution in [-0.4, -0.2) is 61.1 Å². The summed E-state index contributed by atoms with van der Waals surface area (Å²) in [6, 6.07) is 0. The van der Waals surface area contributed by atoms with E-state index in [4.69, 9.17) is 29.2 Å². The van der Waals surface area contributed by atoms with E-state index in [9.17, 15) is 19.2 Å². The zero-order chi connectivity index (χ0) is 19.9. The molecule has 0 aromatic heterocycles. The Kier molecular flexibility index (Phi) is 7.81. The van der Waals surface area contributed by atoms with Crippen LogP contribution in [-0.2, 0) is 42.9 Å². The number of esters is 4. The Balaban J connectivity index is 3.32. The second kappa shape index (κ2) is 9.59. The van der Waals surface area contributed by atoms with Crippen molar-refractivity contribution in [2.45, 2.75) is 58.4 Å². The number of hydrogen-bond donors (Lipinski definition) is 0. The molecule has 1 aliphatic heterocycles. The lowest BCUT2D eigenvalue weighted by Crippen LogP contribution is -2.62. The molecular weight excluding hydrogens is 354 g/mol. The van der Waals surface area contributed by atoms with E-state index in [0.29, 0.717) is 0 Å². The van der Waals surface area contributed by atoms with Crippen LogP contribution in [0.1, 0.15) is 27.7 Å². The number of nitrogens with zero attached hydrogens (tertiary/aromatic N) is 3. The molecule has 144 valence electrons. The first-order valence-electron chi connectivity index (χ1n) is 7.51. The van der Waals surface area contributed by atoms with Gasteiger partial charge in [-0.2, -0.15) is 0 Å². The lowest BCUT2D eigenvalue weighted by Gasteiger charge is -2.43. The summed E-state index contributed by atoms with van der Waals surface area (Å²) in [7, 11) is 0. The molecule has 0 aromatic rings. The van der Waals surface area contributed by atoms with E-state index in [0.717, 1.165) is 27.7 Å². The molecule has 0 spiro atoms. The molecule has 0 radical (unpaired) electrons. The third-order valence-electron chi connectivity index (χ3n) is 3.10. The zero-order valence-electron chi connectivity index (χ0n) is 14.6. The summed E-state index contributed by atoms with van der Waals surface area (Å²) in [5.74, 6) is -3.05. The minimum absolute atomic E-state index is 0.323. The van der Waals surface area contributed by atoms with E-state index in [2.05, 4.69) is 10.0 Å². The van der Waals surface area contributed by atoms with E-state index < -0.39 is 54.6 Å². The maximum absolute atomic E-state index is 11.5. The highest BCUT2D eigenvalue weighted by Gasteiger charge is 2.52. The SMILES string of the molecule is CC(=O)OC1O[C@@H](CN=[N+]=[N-])[C@@H](OC(C)=O)[C@@H](OC(C)=O)[C@@H]1OC(C)=O. The first kappa shape index (κ1) is 21.2. The highest BCUT2D eigenvalue weighted by atomic mass is 16.7. The molecule has 1 rings (SSSR count). The standard InChI is InChI=1S/C14H19N3O9/c1-6(18)22-11-10(5-16-17-15)26-14(25-9(4)21)13(24-8(3)20)12(11)23-7(2)19/h10-14H,5H2,1-4H3/t10-,11+,12+,13-,14?/m0/s1. The molecule has 1 heterocycles. The fourth-order valence-electron chi connectivity index (χ4n) is 2.38. The molecule has 0 saturated carbocycles. The van der Waals surface area contributed by atoms with Gasteiger partial charge in [-0.05, 0) is 5.53 Å². The van der Waals surface area contributed by atoms with Crippen LogP contribution in [0.2, 0.25) is 0 Å². The average Bonchev–Trinajstić information content (AvgIpc) is 2.49. The van der Waals surface area contributed by atoms with Crippen LogP contribution < -0.4 is 0 Å². The maximum Gasteiger partial charge on any atom is 0.305 e. The second-order valence-electron chi connectivity index (χ2n) is 5.29. The lowest BCUT2D eigenvalue weighted by molar-refractivity contribution is -0.293. The van der Waals surface area contributed by atoms with Gasteiger partial charge in [0.15, 0.2) is 12.2 Å². The van der Waals surface area contributed by atoms with Crippen molar-refractivity contribution < 1.29 is 42.9 Å². The minimum Gasteiger partial charge on any atom is -0.456 e. The molecule has 0 bridgehead atoms. The van der Waals surface area contributed by atoms with E-state index in [1.807, 2.05) is 0 Å². The molecule has 0 aromatic carbocycles. The summed E-state index contributed by atoms with van der Waals surface area (Å²) in [4.78, 5) is 48.3. The molecule has 1 fully saturated rings. The van der Waals surface area contributed by atoms with Crippen LogP contribution in [0.3, 0.4) is 0 Å². The molecule has 0 aliphatic carbocycles. The predicted octanol–water partition coefficient (Wildman–Crippen LogP) is 0.380. The number of hydrogen-bond acceptors (Lipinski definition) is 10. The van der Waals surface area contributed by atoms with Gasteiger partial charge in [-0.3, -0.25) is 19.2 Å². The van der Waals surface area contributed by atoms with Crippen molar-refractivity contribution in [3.05, 3.63) is 10.4 Å². The van der Waals surface area contributed by atoms with Crippen LogP contribution in [0.5, 0.6) is 0 Å². The molecule has 12 nitrogen and oxygen atoms in total. The van der Waals surface area contributed by atoms with Crippen LogP contribution in [0, 0.1) is 0 Å². The van der Waals surface area contributed by atoms with Gasteiger partial charge in [0.2, 0.25) is 12.4 Å². The Morgan fingerprint density at radius 2 is 1.31 bits per heavy atom. The molecule has 5 atom stereocenters. The van der Waals surface area contributed by atoms with Gasteiger partial charge in [-0.25, -0.2) is 0 Å². The molecule has 1 unspecified atom stereocenters. The lowest BCUT2D eigenvalue weighted by atomic mass is 9.97. The summed E-state index contributed by atoms with van der Waals surface area (Å²) in [6.07, 6.45) is -6.59. The van der Waals surface area contributed by atoms with Crippen molar-refractivity contribution in [1.29, 1.82) is 0 Å². The van der Waals surface area contributed by atoms with Gasteiger partial charge in [0, 0.05) is 32.6 Å². The van der Waals surface area contributed by atoms with Crippen molar-refractivity contribution >= 4 is 23.9 Å². The molecule has 0 amide bonds. The van der Waals surface area contributed by atoms with Gasteiger partial charge < -0.3 is 23.7 Å².